The summed E-state index contributed by atoms with van der Waals surface area (Å²) in [5.74, 6) is -1.32. The summed E-state index contributed by atoms with van der Waals surface area (Å²) in [5, 5.41) is 12.4. The number of carboxylic acids is 1. The molecule has 1 saturated carbocycles. The Hall–Kier alpha value is -1.14. The molecule has 0 saturated heterocycles. The molecular formula is C15H19F2NO2S. The number of benzene rings is 1. The topological polar surface area (TPSA) is 49.3 Å². The van der Waals surface area contributed by atoms with Crippen molar-refractivity contribution in [3.8, 4) is 0 Å². The zero-order chi connectivity index (χ0) is 15.5. The standard InChI is InChI=1S/C15H19F2NO2S/c1-18-15(14(19)20)7-2-3-10(15)6-8-21-13-5-4-11(16)9-12(13)17/h4-5,9-10,18H,2-3,6-8H2,1H3,(H,19,20). The summed E-state index contributed by atoms with van der Waals surface area (Å²) in [7, 11) is 1.68. The molecule has 6 heteroatoms. The van der Waals surface area contributed by atoms with Crippen LogP contribution in [-0.4, -0.2) is 29.4 Å². The van der Waals surface area contributed by atoms with Gasteiger partial charge >= 0.3 is 5.97 Å². The van der Waals surface area contributed by atoms with Gasteiger partial charge in [0.1, 0.15) is 17.2 Å². The predicted molar refractivity (Wildman–Crippen MR) is 78.5 cm³/mol. The number of likely N-dealkylation sites (N-methyl/N-ethyl adjacent to an activating group) is 1. The van der Waals surface area contributed by atoms with Crippen LogP contribution in [0.25, 0.3) is 0 Å². The monoisotopic (exact) mass is 315 g/mol. The van der Waals surface area contributed by atoms with Crippen LogP contribution in [0.4, 0.5) is 8.78 Å². The summed E-state index contributed by atoms with van der Waals surface area (Å²) in [6, 6.07) is 3.52. The molecule has 1 aliphatic rings. The van der Waals surface area contributed by atoms with E-state index in [1.165, 1.54) is 23.9 Å². The summed E-state index contributed by atoms with van der Waals surface area (Å²) >= 11 is 1.30. The van der Waals surface area contributed by atoms with Crippen molar-refractivity contribution in [3.05, 3.63) is 29.8 Å². The lowest BCUT2D eigenvalue weighted by Gasteiger charge is -2.31. The molecule has 21 heavy (non-hydrogen) atoms. The molecule has 1 aliphatic carbocycles. The first-order chi connectivity index (χ1) is 9.99. The summed E-state index contributed by atoms with van der Waals surface area (Å²) in [5.41, 5.74) is -0.859. The van der Waals surface area contributed by atoms with E-state index < -0.39 is 23.1 Å². The van der Waals surface area contributed by atoms with Gasteiger partial charge in [-0.1, -0.05) is 6.42 Å². The first-order valence-electron chi connectivity index (χ1n) is 7.00. The van der Waals surface area contributed by atoms with E-state index in [1.54, 1.807) is 7.05 Å². The Morgan fingerprint density at radius 2 is 2.29 bits per heavy atom. The van der Waals surface area contributed by atoms with Gasteiger partial charge < -0.3 is 10.4 Å². The molecule has 0 spiro atoms. The van der Waals surface area contributed by atoms with Crippen LogP contribution in [0.1, 0.15) is 25.7 Å². The fourth-order valence-corrected chi connectivity index (χ4v) is 4.07. The van der Waals surface area contributed by atoms with E-state index in [9.17, 15) is 18.7 Å². The Morgan fingerprint density at radius 1 is 1.52 bits per heavy atom. The Labute approximate surface area is 127 Å². The minimum absolute atomic E-state index is 0.0380. The molecule has 2 unspecified atom stereocenters. The third kappa shape index (κ3) is 3.37. The maximum atomic E-state index is 13.5. The lowest BCUT2D eigenvalue weighted by atomic mass is 9.85. The summed E-state index contributed by atoms with van der Waals surface area (Å²) in [6.45, 7) is 0. The number of rotatable bonds is 6. The normalized spacial score (nSPS) is 25.2. The van der Waals surface area contributed by atoms with Gasteiger partial charge in [-0.15, -0.1) is 11.8 Å². The lowest BCUT2D eigenvalue weighted by Crippen LogP contribution is -2.53. The number of aliphatic carboxylic acids is 1. The Balaban J connectivity index is 1.95. The van der Waals surface area contributed by atoms with Gasteiger partial charge in [0.2, 0.25) is 0 Å². The zero-order valence-corrected chi connectivity index (χ0v) is 12.7. The van der Waals surface area contributed by atoms with Gasteiger partial charge in [0.15, 0.2) is 0 Å². The number of carbonyl (C=O) groups is 1. The number of hydrogen-bond acceptors (Lipinski definition) is 3. The molecule has 0 aromatic heterocycles. The maximum Gasteiger partial charge on any atom is 0.324 e. The minimum Gasteiger partial charge on any atom is -0.480 e. The molecule has 0 aliphatic heterocycles. The molecule has 2 rings (SSSR count). The van der Waals surface area contributed by atoms with E-state index in [0.29, 0.717) is 23.5 Å². The van der Waals surface area contributed by atoms with Gasteiger partial charge in [-0.25, -0.2) is 8.78 Å². The second kappa shape index (κ2) is 6.75. The second-order valence-corrected chi connectivity index (χ2v) is 6.46. The van der Waals surface area contributed by atoms with E-state index in [2.05, 4.69) is 5.32 Å². The molecule has 1 aromatic carbocycles. The molecule has 1 aromatic rings. The lowest BCUT2D eigenvalue weighted by molar-refractivity contribution is -0.146. The average Bonchev–Trinajstić information content (AvgIpc) is 2.85. The van der Waals surface area contributed by atoms with Gasteiger partial charge in [0, 0.05) is 11.0 Å². The van der Waals surface area contributed by atoms with Crippen molar-refractivity contribution in [1.82, 2.24) is 5.32 Å². The van der Waals surface area contributed by atoms with Crippen LogP contribution in [0.3, 0.4) is 0 Å². The quantitative estimate of drug-likeness (QED) is 0.791. The molecule has 0 radical (unpaired) electrons. The molecule has 0 amide bonds. The number of carboxylic acid groups (broad SMARTS) is 1. The predicted octanol–water partition coefficient (Wildman–Crippen LogP) is 3.29. The van der Waals surface area contributed by atoms with Crippen molar-refractivity contribution in [2.24, 2.45) is 5.92 Å². The van der Waals surface area contributed by atoms with E-state index in [0.717, 1.165) is 18.9 Å². The number of thioether (sulfide) groups is 1. The largest absolute Gasteiger partial charge is 0.480 e. The first-order valence-corrected chi connectivity index (χ1v) is 7.98. The molecule has 116 valence electrons. The smallest absolute Gasteiger partial charge is 0.324 e. The SMILES string of the molecule is CNC1(C(=O)O)CCCC1CCSc1ccc(F)cc1F. The molecule has 0 heterocycles. The van der Waals surface area contributed by atoms with Crippen LogP contribution >= 0.6 is 11.8 Å². The highest BCUT2D eigenvalue weighted by molar-refractivity contribution is 7.99. The first kappa shape index (κ1) is 16.2. The van der Waals surface area contributed by atoms with Crippen molar-refractivity contribution in [2.45, 2.75) is 36.1 Å². The fourth-order valence-electron chi connectivity index (χ4n) is 3.09. The second-order valence-electron chi connectivity index (χ2n) is 5.33. The number of halogens is 2. The number of hydrogen-bond donors (Lipinski definition) is 2. The highest BCUT2D eigenvalue weighted by atomic mass is 32.2. The molecular weight excluding hydrogens is 296 g/mol. The average molecular weight is 315 g/mol. The van der Waals surface area contributed by atoms with Gasteiger partial charge in [0.05, 0.1) is 0 Å². The highest BCUT2D eigenvalue weighted by Gasteiger charge is 2.47. The minimum atomic E-state index is -0.859. The van der Waals surface area contributed by atoms with Gasteiger partial charge in [-0.05, 0) is 50.1 Å². The molecule has 2 N–H and O–H groups in total. The Morgan fingerprint density at radius 3 is 2.90 bits per heavy atom. The molecule has 0 bridgehead atoms. The van der Waals surface area contributed by atoms with Crippen molar-refractivity contribution in [1.29, 1.82) is 0 Å². The molecule has 2 atom stereocenters. The van der Waals surface area contributed by atoms with Crippen LogP contribution in [-0.2, 0) is 4.79 Å². The van der Waals surface area contributed by atoms with Crippen molar-refractivity contribution >= 4 is 17.7 Å². The van der Waals surface area contributed by atoms with Crippen LogP contribution in [0, 0.1) is 17.6 Å². The van der Waals surface area contributed by atoms with Crippen LogP contribution in [0.15, 0.2) is 23.1 Å². The van der Waals surface area contributed by atoms with E-state index in [-0.39, 0.29) is 5.92 Å². The summed E-state index contributed by atoms with van der Waals surface area (Å²) in [6.07, 6.45) is 3.06. The van der Waals surface area contributed by atoms with E-state index >= 15 is 0 Å². The fraction of sp³-hybridized carbons (Fsp3) is 0.533. The Bertz CT molecular complexity index is 526. The third-order valence-electron chi connectivity index (χ3n) is 4.27. The van der Waals surface area contributed by atoms with Gasteiger partial charge in [-0.3, -0.25) is 4.79 Å². The van der Waals surface area contributed by atoms with E-state index in [1.807, 2.05) is 0 Å². The number of nitrogens with one attached hydrogen (secondary N) is 1. The maximum absolute atomic E-state index is 13.5. The third-order valence-corrected chi connectivity index (χ3v) is 5.35. The molecule has 1 fully saturated rings. The van der Waals surface area contributed by atoms with Crippen molar-refractivity contribution < 1.29 is 18.7 Å². The molecule has 3 nitrogen and oxygen atoms in total. The van der Waals surface area contributed by atoms with E-state index in [4.69, 9.17) is 0 Å². The van der Waals surface area contributed by atoms with Crippen LogP contribution < -0.4 is 5.32 Å². The zero-order valence-electron chi connectivity index (χ0n) is 11.9. The van der Waals surface area contributed by atoms with Crippen LogP contribution in [0.5, 0.6) is 0 Å². The van der Waals surface area contributed by atoms with Crippen molar-refractivity contribution in [2.75, 3.05) is 12.8 Å². The van der Waals surface area contributed by atoms with Crippen LogP contribution in [0.2, 0.25) is 0 Å². The summed E-state index contributed by atoms with van der Waals surface area (Å²) < 4.78 is 26.4. The van der Waals surface area contributed by atoms with Crippen molar-refractivity contribution in [3.63, 3.8) is 0 Å². The van der Waals surface area contributed by atoms with Gasteiger partial charge in [-0.2, -0.15) is 0 Å². The Kier molecular flexibility index (Phi) is 5.22. The highest BCUT2D eigenvalue weighted by Crippen LogP contribution is 2.39. The summed E-state index contributed by atoms with van der Waals surface area (Å²) in [4.78, 5) is 11.9. The van der Waals surface area contributed by atoms with Gasteiger partial charge in [0.25, 0.3) is 0 Å².